The van der Waals surface area contributed by atoms with Gasteiger partial charge in [0, 0.05) is 44.0 Å². The van der Waals surface area contributed by atoms with E-state index in [0.717, 1.165) is 5.69 Å². The first-order chi connectivity index (χ1) is 13.0. The Balaban J connectivity index is 1.55. The summed E-state index contributed by atoms with van der Waals surface area (Å²) in [6.45, 7) is 2.45. The summed E-state index contributed by atoms with van der Waals surface area (Å²) in [5.74, 6) is -1.17. The van der Waals surface area contributed by atoms with Gasteiger partial charge in [-0.1, -0.05) is 12.1 Å². The van der Waals surface area contributed by atoms with Crippen LogP contribution in [0.15, 0.2) is 48.5 Å². The van der Waals surface area contributed by atoms with E-state index in [1.807, 2.05) is 4.90 Å². The second-order valence-electron chi connectivity index (χ2n) is 5.99. The highest BCUT2D eigenvalue weighted by molar-refractivity contribution is 7.80. The zero-order chi connectivity index (χ0) is 19.4. The first-order valence-corrected chi connectivity index (χ1v) is 8.71. The van der Waals surface area contributed by atoms with Gasteiger partial charge in [-0.15, -0.1) is 0 Å². The molecule has 1 aliphatic heterocycles. The maximum atomic E-state index is 13.7. The lowest BCUT2D eigenvalue weighted by molar-refractivity contribution is -0.384. The lowest BCUT2D eigenvalue weighted by Gasteiger charge is -2.37. The minimum absolute atomic E-state index is 0.0504. The van der Waals surface area contributed by atoms with E-state index < -0.39 is 16.6 Å². The number of non-ortho nitro benzene ring substituents is 1. The Morgan fingerprint density at radius 1 is 1.07 bits per heavy atom. The molecule has 7 nitrogen and oxygen atoms in total. The summed E-state index contributed by atoms with van der Waals surface area (Å²) in [6, 6.07) is 12.1. The van der Waals surface area contributed by atoms with Gasteiger partial charge in [-0.2, -0.15) is 0 Å². The van der Waals surface area contributed by atoms with Crippen LogP contribution in [0, 0.1) is 15.9 Å². The molecule has 2 aromatic carbocycles. The van der Waals surface area contributed by atoms with Crippen molar-refractivity contribution < 1.29 is 14.1 Å². The normalized spacial score (nSPS) is 14.0. The number of benzene rings is 2. The van der Waals surface area contributed by atoms with Crippen LogP contribution in [0.4, 0.5) is 15.8 Å². The summed E-state index contributed by atoms with van der Waals surface area (Å²) in [5, 5.41) is 13.6. The van der Waals surface area contributed by atoms with Crippen molar-refractivity contribution in [3.63, 3.8) is 0 Å². The van der Waals surface area contributed by atoms with E-state index in [1.165, 1.54) is 30.3 Å². The summed E-state index contributed by atoms with van der Waals surface area (Å²) in [7, 11) is 0. The van der Waals surface area contributed by atoms with Gasteiger partial charge in [0.2, 0.25) is 0 Å². The monoisotopic (exact) mass is 388 g/mol. The molecule has 1 saturated heterocycles. The molecule has 0 aliphatic carbocycles. The molecule has 1 fully saturated rings. The molecule has 140 valence electrons. The lowest BCUT2D eigenvalue weighted by atomic mass is 10.2. The maximum Gasteiger partial charge on any atom is 0.269 e. The molecule has 0 saturated carbocycles. The Kier molecular flexibility index (Phi) is 5.60. The van der Waals surface area contributed by atoms with Gasteiger partial charge in [-0.25, -0.2) is 4.39 Å². The second kappa shape index (κ2) is 8.09. The number of nitro benzene ring substituents is 1. The average Bonchev–Trinajstić information content (AvgIpc) is 2.68. The third kappa shape index (κ3) is 4.37. The number of hydrogen-bond donors (Lipinski definition) is 1. The Morgan fingerprint density at radius 3 is 2.30 bits per heavy atom. The molecule has 2 aromatic rings. The maximum absolute atomic E-state index is 13.7. The molecule has 0 radical (unpaired) electrons. The number of hydrogen-bond acceptors (Lipinski definition) is 5. The van der Waals surface area contributed by atoms with Crippen molar-refractivity contribution in [2.45, 2.75) is 0 Å². The quantitative estimate of drug-likeness (QED) is 0.495. The first kappa shape index (κ1) is 18.7. The van der Waals surface area contributed by atoms with Crippen molar-refractivity contribution in [1.82, 2.24) is 10.2 Å². The van der Waals surface area contributed by atoms with E-state index in [-0.39, 0.29) is 16.4 Å². The number of nitrogens with zero attached hydrogens (tertiary/aromatic N) is 3. The van der Waals surface area contributed by atoms with Crippen LogP contribution in [0.1, 0.15) is 10.4 Å². The molecule has 1 heterocycles. The molecule has 1 aliphatic rings. The number of nitro groups is 1. The van der Waals surface area contributed by atoms with Crippen LogP contribution in [0.3, 0.4) is 0 Å². The van der Waals surface area contributed by atoms with Crippen molar-refractivity contribution in [3.05, 3.63) is 70.0 Å². The predicted molar refractivity (Wildman–Crippen MR) is 103 cm³/mol. The number of carbonyl (C=O) groups excluding carboxylic acids is 1. The summed E-state index contributed by atoms with van der Waals surface area (Å²) in [5.41, 5.74) is 0.889. The van der Waals surface area contributed by atoms with Crippen LogP contribution >= 0.6 is 12.2 Å². The third-order valence-corrected chi connectivity index (χ3v) is 4.69. The molecule has 9 heteroatoms. The van der Waals surface area contributed by atoms with Gasteiger partial charge in [-0.3, -0.25) is 20.2 Å². The topological polar surface area (TPSA) is 78.7 Å². The molecule has 1 N–H and O–H groups in total. The molecule has 3 rings (SSSR count). The van der Waals surface area contributed by atoms with E-state index >= 15 is 0 Å². The molecule has 0 unspecified atom stereocenters. The fourth-order valence-electron chi connectivity index (χ4n) is 2.84. The fourth-order valence-corrected chi connectivity index (χ4v) is 3.12. The zero-order valence-corrected chi connectivity index (χ0v) is 15.1. The van der Waals surface area contributed by atoms with Gasteiger partial charge >= 0.3 is 0 Å². The fraction of sp³-hybridized carbons (Fsp3) is 0.222. The highest BCUT2D eigenvalue weighted by Gasteiger charge is 2.22. The van der Waals surface area contributed by atoms with Crippen molar-refractivity contribution in [1.29, 1.82) is 0 Å². The predicted octanol–water partition coefficient (Wildman–Crippen LogP) is 2.57. The summed E-state index contributed by atoms with van der Waals surface area (Å²) >= 11 is 5.27. The number of nitrogens with one attached hydrogen (secondary N) is 1. The van der Waals surface area contributed by atoms with Crippen molar-refractivity contribution in [2.24, 2.45) is 0 Å². The number of carbonyl (C=O) groups is 1. The van der Waals surface area contributed by atoms with Crippen LogP contribution in [0.2, 0.25) is 0 Å². The van der Waals surface area contributed by atoms with Crippen LogP contribution in [-0.4, -0.2) is 47.0 Å². The van der Waals surface area contributed by atoms with Crippen molar-refractivity contribution in [2.75, 3.05) is 31.1 Å². The third-order valence-electron chi connectivity index (χ3n) is 4.33. The Hall–Kier alpha value is -3.07. The van der Waals surface area contributed by atoms with E-state index in [9.17, 15) is 19.3 Å². The van der Waals surface area contributed by atoms with Crippen molar-refractivity contribution >= 4 is 34.6 Å². The number of piperazine rings is 1. The SMILES string of the molecule is O=C(NC(=S)N1CCN(c2ccc([N+](=O)[O-])cc2)CC1)c1ccccc1F. The molecule has 0 bridgehead atoms. The Morgan fingerprint density at radius 2 is 1.70 bits per heavy atom. The number of anilines is 1. The summed E-state index contributed by atoms with van der Waals surface area (Å²) in [6.07, 6.45) is 0. The molecule has 0 aromatic heterocycles. The van der Waals surface area contributed by atoms with Crippen molar-refractivity contribution in [3.8, 4) is 0 Å². The summed E-state index contributed by atoms with van der Waals surface area (Å²) in [4.78, 5) is 26.4. The van der Waals surface area contributed by atoms with Gasteiger partial charge < -0.3 is 9.80 Å². The number of amides is 1. The van der Waals surface area contributed by atoms with E-state index in [4.69, 9.17) is 12.2 Å². The van der Waals surface area contributed by atoms with Gasteiger partial charge in [-0.05, 0) is 36.5 Å². The highest BCUT2D eigenvalue weighted by Crippen LogP contribution is 2.20. The number of thiocarbonyl (C=S) groups is 1. The minimum Gasteiger partial charge on any atom is -0.368 e. The minimum atomic E-state index is -0.596. The first-order valence-electron chi connectivity index (χ1n) is 8.30. The van der Waals surface area contributed by atoms with E-state index in [0.29, 0.717) is 26.2 Å². The standard InChI is InChI=1S/C18H17FN4O3S/c19-16-4-2-1-3-15(16)17(24)20-18(27)22-11-9-21(10-12-22)13-5-7-14(8-6-13)23(25)26/h1-8H,9-12H2,(H,20,24,27). The number of rotatable bonds is 3. The van der Waals surface area contributed by atoms with E-state index in [1.54, 1.807) is 18.2 Å². The highest BCUT2D eigenvalue weighted by atomic mass is 32.1. The largest absolute Gasteiger partial charge is 0.368 e. The summed E-state index contributed by atoms with van der Waals surface area (Å²) < 4.78 is 13.7. The lowest BCUT2D eigenvalue weighted by Crippen LogP contribution is -2.52. The molecular weight excluding hydrogens is 371 g/mol. The Labute approximate surface area is 160 Å². The molecule has 27 heavy (non-hydrogen) atoms. The van der Waals surface area contributed by atoms with E-state index in [2.05, 4.69) is 10.2 Å². The smallest absolute Gasteiger partial charge is 0.269 e. The number of halogens is 1. The van der Waals surface area contributed by atoms with Crippen LogP contribution in [-0.2, 0) is 0 Å². The van der Waals surface area contributed by atoms with Gasteiger partial charge in [0.05, 0.1) is 10.5 Å². The second-order valence-corrected chi connectivity index (χ2v) is 6.37. The van der Waals surface area contributed by atoms with Crippen LogP contribution in [0.5, 0.6) is 0 Å². The van der Waals surface area contributed by atoms with Crippen LogP contribution in [0.25, 0.3) is 0 Å². The zero-order valence-electron chi connectivity index (χ0n) is 14.3. The average molecular weight is 388 g/mol. The molecular formula is C18H17FN4O3S. The molecule has 1 amide bonds. The molecule has 0 atom stereocenters. The van der Waals surface area contributed by atoms with Crippen LogP contribution < -0.4 is 10.2 Å². The van der Waals surface area contributed by atoms with Gasteiger partial charge in [0.1, 0.15) is 5.82 Å². The molecule has 0 spiro atoms. The van der Waals surface area contributed by atoms with Gasteiger partial charge in [0.15, 0.2) is 5.11 Å². The Bertz CT molecular complexity index is 867. The van der Waals surface area contributed by atoms with Gasteiger partial charge in [0.25, 0.3) is 11.6 Å².